The van der Waals surface area contributed by atoms with Crippen molar-refractivity contribution < 1.29 is 17.9 Å². The first kappa shape index (κ1) is 20.7. The fourth-order valence-corrected chi connectivity index (χ4v) is 5.62. The van der Waals surface area contributed by atoms with Crippen LogP contribution in [0.4, 0.5) is 5.69 Å². The number of benzene rings is 2. The average Bonchev–Trinajstić information content (AvgIpc) is 3.17. The Morgan fingerprint density at radius 3 is 2.50 bits per heavy atom. The molecular weight excluding hydrogens is 420 g/mol. The Hall–Kier alpha value is -2.58. The number of carbonyl (C=O) groups excluding carboxylic acids is 1. The molecule has 6 nitrogen and oxygen atoms in total. The highest BCUT2D eigenvalue weighted by atomic mass is 32.2. The molecule has 0 spiro atoms. The molecule has 158 valence electrons. The minimum absolute atomic E-state index is 0.0624. The summed E-state index contributed by atoms with van der Waals surface area (Å²) in [6.07, 6.45) is 3.27. The third-order valence-corrected chi connectivity index (χ3v) is 7.57. The van der Waals surface area contributed by atoms with Crippen molar-refractivity contribution in [2.75, 3.05) is 24.4 Å². The lowest BCUT2D eigenvalue weighted by molar-refractivity contribution is 0.0729. The number of likely N-dealkylation sites (tertiary alicyclic amines) is 1. The normalized spacial score (nSPS) is 14.6. The van der Waals surface area contributed by atoms with Crippen molar-refractivity contribution in [2.24, 2.45) is 0 Å². The molecule has 1 saturated heterocycles. The van der Waals surface area contributed by atoms with E-state index in [4.69, 9.17) is 4.74 Å². The van der Waals surface area contributed by atoms with E-state index in [-0.39, 0.29) is 10.8 Å². The predicted octanol–water partition coefficient (Wildman–Crippen LogP) is 4.73. The summed E-state index contributed by atoms with van der Waals surface area (Å²) in [4.78, 5) is 15.5. The first-order valence-corrected chi connectivity index (χ1v) is 12.3. The van der Waals surface area contributed by atoms with Gasteiger partial charge in [0.15, 0.2) is 0 Å². The number of piperidine rings is 1. The van der Waals surface area contributed by atoms with Gasteiger partial charge in [-0.2, -0.15) is 0 Å². The van der Waals surface area contributed by atoms with Crippen molar-refractivity contribution in [3.63, 3.8) is 0 Å². The van der Waals surface area contributed by atoms with Gasteiger partial charge in [-0.25, -0.2) is 8.42 Å². The number of thiophene rings is 1. The summed E-state index contributed by atoms with van der Waals surface area (Å²) in [5, 5.41) is 0.854. The number of amides is 1. The van der Waals surface area contributed by atoms with Crippen LogP contribution in [0.5, 0.6) is 5.75 Å². The lowest BCUT2D eigenvalue weighted by atomic mass is 10.1. The Morgan fingerprint density at radius 2 is 1.80 bits per heavy atom. The summed E-state index contributed by atoms with van der Waals surface area (Å²) in [5.41, 5.74) is 0.464. The number of hydrogen-bond donors (Lipinski definition) is 1. The van der Waals surface area contributed by atoms with Crippen molar-refractivity contribution in [3.8, 4) is 5.75 Å². The van der Waals surface area contributed by atoms with Gasteiger partial charge < -0.3 is 9.64 Å². The smallest absolute Gasteiger partial charge is 0.263 e. The van der Waals surface area contributed by atoms with Crippen LogP contribution in [0.15, 0.2) is 53.4 Å². The maximum Gasteiger partial charge on any atom is 0.263 e. The van der Waals surface area contributed by atoms with Gasteiger partial charge in [0, 0.05) is 23.5 Å². The van der Waals surface area contributed by atoms with E-state index in [0.717, 1.165) is 36.0 Å². The summed E-state index contributed by atoms with van der Waals surface area (Å²) < 4.78 is 34.4. The first-order valence-electron chi connectivity index (χ1n) is 10.0. The molecular formula is C22H24N2O4S2. The lowest BCUT2D eigenvalue weighted by Crippen LogP contribution is -2.35. The second kappa shape index (κ2) is 8.65. The minimum Gasteiger partial charge on any atom is -0.494 e. The molecule has 1 aliphatic heterocycles. The number of carbonyl (C=O) groups is 1. The number of hydrogen-bond acceptors (Lipinski definition) is 5. The molecule has 4 rings (SSSR count). The molecule has 2 aromatic carbocycles. The molecule has 1 N–H and O–H groups in total. The molecule has 1 aromatic heterocycles. The maximum atomic E-state index is 12.8. The zero-order chi connectivity index (χ0) is 21.1. The number of rotatable bonds is 6. The van der Waals surface area contributed by atoms with E-state index >= 15 is 0 Å². The first-order chi connectivity index (χ1) is 14.5. The zero-order valence-corrected chi connectivity index (χ0v) is 18.4. The molecule has 0 radical (unpaired) electrons. The molecule has 0 bridgehead atoms. The van der Waals surface area contributed by atoms with Crippen LogP contribution in [0.2, 0.25) is 0 Å². The fraction of sp³-hybridized carbons (Fsp3) is 0.318. The van der Waals surface area contributed by atoms with Crippen molar-refractivity contribution in [1.82, 2.24) is 4.90 Å². The van der Waals surface area contributed by atoms with Gasteiger partial charge in [-0.1, -0.05) is 0 Å². The van der Waals surface area contributed by atoms with Gasteiger partial charge in [0.05, 0.1) is 16.4 Å². The van der Waals surface area contributed by atoms with Crippen LogP contribution in [0.25, 0.3) is 10.1 Å². The van der Waals surface area contributed by atoms with Crippen LogP contribution in [-0.4, -0.2) is 38.9 Å². The molecule has 3 aromatic rings. The number of sulfonamides is 1. The van der Waals surface area contributed by atoms with Crippen LogP contribution in [0.1, 0.15) is 35.9 Å². The van der Waals surface area contributed by atoms with Gasteiger partial charge in [0.25, 0.3) is 15.9 Å². The molecule has 0 atom stereocenters. The third kappa shape index (κ3) is 4.44. The van der Waals surface area contributed by atoms with Crippen LogP contribution in [0.3, 0.4) is 0 Å². The molecule has 8 heteroatoms. The van der Waals surface area contributed by atoms with E-state index in [1.807, 2.05) is 24.0 Å². The van der Waals surface area contributed by atoms with Crippen molar-refractivity contribution in [2.45, 2.75) is 31.1 Å². The summed E-state index contributed by atoms with van der Waals surface area (Å²) in [6.45, 7) is 4.01. The highest BCUT2D eigenvalue weighted by Crippen LogP contribution is 2.30. The van der Waals surface area contributed by atoms with E-state index in [2.05, 4.69) is 4.72 Å². The van der Waals surface area contributed by atoms with Crippen LogP contribution in [-0.2, 0) is 10.0 Å². The molecule has 2 heterocycles. The van der Waals surface area contributed by atoms with E-state index in [1.165, 1.54) is 29.9 Å². The summed E-state index contributed by atoms with van der Waals surface area (Å²) in [6, 6.07) is 13.5. The molecule has 1 aliphatic rings. The van der Waals surface area contributed by atoms with Crippen LogP contribution >= 0.6 is 11.3 Å². The second-order valence-corrected chi connectivity index (χ2v) is 9.99. The number of anilines is 1. The number of nitrogens with zero attached hydrogens (tertiary/aromatic N) is 1. The van der Waals surface area contributed by atoms with E-state index in [0.29, 0.717) is 22.9 Å². The monoisotopic (exact) mass is 444 g/mol. The Bertz CT molecular complexity index is 1150. The van der Waals surface area contributed by atoms with Crippen LogP contribution < -0.4 is 9.46 Å². The van der Waals surface area contributed by atoms with Gasteiger partial charge in [-0.3, -0.25) is 9.52 Å². The zero-order valence-electron chi connectivity index (χ0n) is 16.8. The SMILES string of the molecule is CCOc1ccc(S(=O)(=O)Nc2ccc3sc(C(=O)N4CCCCC4)cc3c2)cc1. The maximum absolute atomic E-state index is 12.8. The highest BCUT2D eigenvalue weighted by Gasteiger charge is 2.20. The molecule has 0 unspecified atom stereocenters. The summed E-state index contributed by atoms with van der Waals surface area (Å²) >= 11 is 1.45. The van der Waals surface area contributed by atoms with E-state index in [1.54, 1.807) is 24.3 Å². The Kier molecular flexibility index (Phi) is 5.97. The van der Waals surface area contributed by atoms with Crippen molar-refractivity contribution >= 4 is 43.0 Å². The molecule has 0 aliphatic carbocycles. The van der Waals surface area contributed by atoms with Crippen molar-refractivity contribution in [3.05, 3.63) is 53.4 Å². The van der Waals surface area contributed by atoms with Crippen molar-refractivity contribution in [1.29, 1.82) is 0 Å². The van der Waals surface area contributed by atoms with Gasteiger partial charge in [0.2, 0.25) is 0 Å². The third-order valence-electron chi connectivity index (χ3n) is 5.07. The predicted molar refractivity (Wildman–Crippen MR) is 120 cm³/mol. The van der Waals surface area contributed by atoms with Gasteiger partial charge in [0.1, 0.15) is 5.75 Å². The Labute approximate surface area is 180 Å². The number of ether oxygens (including phenoxy) is 1. The lowest BCUT2D eigenvalue weighted by Gasteiger charge is -2.26. The Balaban J connectivity index is 1.53. The molecule has 1 amide bonds. The van der Waals surface area contributed by atoms with E-state index < -0.39 is 10.0 Å². The van der Waals surface area contributed by atoms with Crippen LogP contribution in [0, 0.1) is 0 Å². The van der Waals surface area contributed by atoms with Gasteiger partial charge in [-0.05, 0) is 80.1 Å². The highest BCUT2D eigenvalue weighted by molar-refractivity contribution is 7.92. The van der Waals surface area contributed by atoms with Gasteiger partial charge in [-0.15, -0.1) is 11.3 Å². The number of nitrogens with one attached hydrogen (secondary N) is 1. The summed E-state index contributed by atoms with van der Waals surface area (Å²) in [5.74, 6) is 0.689. The van der Waals surface area contributed by atoms with Gasteiger partial charge >= 0.3 is 0 Å². The fourth-order valence-electron chi connectivity index (χ4n) is 3.56. The molecule has 30 heavy (non-hydrogen) atoms. The summed E-state index contributed by atoms with van der Waals surface area (Å²) in [7, 11) is -3.72. The minimum atomic E-state index is -3.72. The standard InChI is InChI=1S/C22H24N2O4S2/c1-2-28-18-7-9-19(10-8-18)30(26,27)23-17-6-11-20-16(14-17)15-21(29-20)22(25)24-12-4-3-5-13-24/h6-11,14-15,23H,2-5,12-13H2,1H3. The largest absolute Gasteiger partial charge is 0.494 e. The van der Waals surface area contributed by atoms with E-state index in [9.17, 15) is 13.2 Å². The molecule has 0 saturated carbocycles. The average molecular weight is 445 g/mol. The second-order valence-electron chi connectivity index (χ2n) is 7.23. The number of fused-ring (bicyclic) bond motifs is 1. The molecule has 1 fully saturated rings. The topological polar surface area (TPSA) is 75.7 Å². The Morgan fingerprint density at radius 1 is 1.07 bits per heavy atom. The quantitative estimate of drug-likeness (QED) is 0.597.